The highest BCUT2D eigenvalue weighted by molar-refractivity contribution is 5.91. The Labute approximate surface area is 141 Å². The summed E-state index contributed by atoms with van der Waals surface area (Å²) >= 11 is 0. The maximum Gasteiger partial charge on any atom is 0.239 e. The summed E-state index contributed by atoms with van der Waals surface area (Å²) in [7, 11) is 0. The molecule has 1 aromatic heterocycles. The number of aromatic nitrogens is 1. The molecule has 0 aromatic carbocycles. The molecule has 3 heterocycles. The topological polar surface area (TPSA) is 81.9 Å². The Morgan fingerprint density at radius 2 is 1.71 bits per heavy atom. The number of likely N-dealkylation sites (tertiary alicyclic amines) is 1. The van der Waals surface area contributed by atoms with E-state index in [1.807, 2.05) is 4.90 Å². The first kappa shape index (κ1) is 16.9. The van der Waals surface area contributed by atoms with Crippen LogP contribution in [0.25, 0.3) is 0 Å². The highest BCUT2D eigenvalue weighted by atomic mass is 16.5. The van der Waals surface area contributed by atoms with Gasteiger partial charge < -0.3 is 14.7 Å². The minimum absolute atomic E-state index is 0.0927. The second kappa shape index (κ2) is 7.76. The van der Waals surface area contributed by atoms with Crippen LogP contribution in [0, 0.1) is 6.92 Å². The van der Waals surface area contributed by atoms with E-state index in [9.17, 15) is 9.59 Å². The molecule has 2 aliphatic heterocycles. The minimum Gasteiger partial charge on any atom is -0.360 e. The van der Waals surface area contributed by atoms with Gasteiger partial charge in [0.25, 0.3) is 0 Å². The van der Waals surface area contributed by atoms with Gasteiger partial charge in [0.1, 0.15) is 5.76 Å². The van der Waals surface area contributed by atoms with Crippen LogP contribution in [-0.2, 0) is 9.59 Å². The van der Waals surface area contributed by atoms with Crippen LogP contribution in [0.3, 0.4) is 0 Å². The SMILES string of the molecule is Cc1cc(NC(=O)CN2CCN(CC(=O)N3CCCC3)CC2)no1. The number of rotatable bonds is 5. The average molecular weight is 335 g/mol. The van der Waals surface area contributed by atoms with Gasteiger partial charge in [0.15, 0.2) is 5.82 Å². The van der Waals surface area contributed by atoms with Crippen LogP contribution in [0.15, 0.2) is 10.6 Å². The molecule has 8 heteroatoms. The normalized spacial score (nSPS) is 19.6. The maximum atomic E-state index is 12.2. The molecule has 132 valence electrons. The van der Waals surface area contributed by atoms with E-state index in [1.54, 1.807) is 13.0 Å². The van der Waals surface area contributed by atoms with Crippen molar-refractivity contribution in [1.82, 2.24) is 19.9 Å². The Morgan fingerprint density at radius 1 is 1.08 bits per heavy atom. The van der Waals surface area contributed by atoms with Crippen molar-refractivity contribution in [3.63, 3.8) is 0 Å². The molecule has 0 aliphatic carbocycles. The number of hydrogen-bond acceptors (Lipinski definition) is 6. The molecule has 1 N–H and O–H groups in total. The van der Waals surface area contributed by atoms with Gasteiger partial charge in [-0.25, -0.2) is 0 Å². The lowest BCUT2D eigenvalue weighted by molar-refractivity contribution is -0.132. The summed E-state index contributed by atoms with van der Waals surface area (Å²) in [6.45, 7) is 7.63. The maximum absolute atomic E-state index is 12.2. The van der Waals surface area contributed by atoms with Crippen molar-refractivity contribution in [3.8, 4) is 0 Å². The van der Waals surface area contributed by atoms with E-state index in [1.165, 1.54) is 0 Å². The first-order valence-electron chi connectivity index (χ1n) is 8.56. The third kappa shape index (κ3) is 4.55. The molecule has 2 fully saturated rings. The lowest BCUT2D eigenvalue weighted by Gasteiger charge is -2.34. The van der Waals surface area contributed by atoms with Crippen molar-refractivity contribution in [2.75, 3.05) is 57.7 Å². The Balaban J connectivity index is 1.37. The molecule has 0 spiro atoms. The summed E-state index contributed by atoms with van der Waals surface area (Å²) in [5.41, 5.74) is 0. The number of nitrogens with one attached hydrogen (secondary N) is 1. The molecule has 2 amide bonds. The van der Waals surface area contributed by atoms with Crippen molar-refractivity contribution < 1.29 is 14.1 Å². The highest BCUT2D eigenvalue weighted by Crippen LogP contribution is 2.10. The van der Waals surface area contributed by atoms with Gasteiger partial charge in [-0.3, -0.25) is 19.4 Å². The second-order valence-electron chi connectivity index (χ2n) is 6.51. The van der Waals surface area contributed by atoms with Gasteiger partial charge in [0.2, 0.25) is 11.8 Å². The van der Waals surface area contributed by atoms with Crippen molar-refractivity contribution >= 4 is 17.6 Å². The highest BCUT2D eigenvalue weighted by Gasteiger charge is 2.24. The number of nitrogens with zero attached hydrogens (tertiary/aromatic N) is 4. The molecule has 2 aliphatic rings. The lowest BCUT2D eigenvalue weighted by Crippen LogP contribution is -2.51. The molecule has 24 heavy (non-hydrogen) atoms. The van der Waals surface area contributed by atoms with Crippen molar-refractivity contribution in [2.45, 2.75) is 19.8 Å². The third-order valence-corrected chi connectivity index (χ3v) is 4.55. The molecule has 3 rings (SSSR count). The summed E-state index contributed by atoms with van der Waals surface area (Å²) in [4.78, 5) is 30.4. The van der Waals surface area contributed by atoms with E-state index >= 15 is 0 Å². The number of amides is 2. The molecule has 0 bridgehead atoms. The van der Waals surface area contributed by atoms with E-state index in [0.717, 1.165) is 52.1 Å². The molecular formula is C16H25N5O3. The summed E-state index contributed by atoms with van der Waals surface area (Å²) in [5.74, 6) is 1.26. The van der Waals surface area contributed by atoms with Gasteiger partial charge in [-0.1, -0.05) is 5.16 Å². The Bertz CT molecular complexity index is 574. The lowest BCUT2D eigenvalue weighted by atomic mass is 10.3. The van der Waals surface area contributed by atoms with Gasteiger partial charge in [-0.2, -0.15) is 0 Å². The fourth-order valence-electron chi connectivity index (χ4n) is 3.17. The van der Waals surface area contributed by atoms with Crippen LogP contribution < -0.4 is 5.32 Å². The molecule has 0 atom stereocenters. The van der Waals surface area contributed by atoms with E-state index in [0.29, 0.717) is 24.7 Å². The Morgan fingerprint density at radius 3 is 2.29 bits per heavy atom. The van der Waals surface area contributed by atoms with E-state index < -0.39 is 0 Å². The van der Waals surface area contributed by atoms with E-state index in [2.05, 4.69) is 20.3 Å². The smallest absolute Gasteiger partial charge is 0.239 e. The monoisotopic (exact) mass is 335 g/mol. The Kier molecular flexibility index (Phi) is 5.47. The largest absolute Gasteiger partial charge is 0.360 e. The van der Waals surface area contributed by atoms with Gasteiger partial charge in [0.05, 0.1) is 13.1 Å². The van der Waals surface area contributed by atoms with Gasteiger partial charge >= 0.3 is 0 Å². The second-order valence-corrected chi connectivity index (χ2v) is 6.51. The molecule has 0 unspecified atom stereocenters. The number of piperazine rings is 1. The quantitative estimate of drug-likeness (QED) is 0.826. The fraction of sp³-hybridized carbons (Fsp3) is 0.688. The fourth-order valence-corrected chi connectivity index (χ4v) is 3.17. The van der Waals surface area contributed by atoms with Crippen LogP contribution in [0.4, 0.5) is 5.82 Å². The number of anilines is 1. The zero-order valence-corrected chi connectivity index (χ0v) is 14.2. The summed E-state index contributed by atoms with van der Waals surface area (Å²) in [5, 5.41) is 6.49. The van der Waals surface area contributed by atoms with Crippen LogP contribution in [0.1, 0.15) is 18.6 Å². The van der Waals surface area contributed by atoms with E-state index in [4.69, 9.17) is 4.52 Å². The molecule has 2 saturated heterocycles. The summed E-state index contributed by atoms with van der Waals surface area (Å²) in [6.07, 6.45) is 2.25. The Hall–Kier alpha value is -1.93. The van der Waals surface area contributed by atoms with Crippen LogP contribution in [0.2, 0.25) is 0 Å². The molecule has 0 radical (unpaired) electrons. The standard InChI is InChI=1S/C16H25N5O3/c1-13-10-14(18-24-13)17-15(22)11-19-6-8-20(9-7-19)12-16(23)21-4-2-3-5-21/h10H,2-9,11-12H2,1H3,(H,17,18,22). The molecular weight excluding hydrogens is 310 g/mol. The van der Waals surface area contributed by atoms with Gasteiger partial charge in [-0.15, -0.1) is 0 Å². The van der Waals surface area contributed by atoms with Crippen LogP contribution >= 0.6 is 0 Å². The summed E-state index contributed by atoms with van der Waals surface area (Å²) < 4.78 is 4.93. The number of aryl methyl sites for hydroxylation is 1. The van der Waals surface area contributed by atoms with Crippen LogP contribution in [-0.4, -0.2) is 84.0 Å². The molecule has 8 nitrogen and oxygen atoms in total. The van der Waals surface area contributed by atoms with Gasteiger partial charge in [0, 0.05) is 45.3 Å². The van der Waals surface area contributed by atoms with E-state index in [-0.39, 0.29) is 11.8 Å². The number of carbonyl (C=O) groups is 2. The van der Waals surface area contributed by atoms with Gasteiger partial charge in [-0.05, 0) is 19.8 Å². The van der Waals surface area contributed by atoms with Crippen LogP contribution in [0.5, 0.6) is 0 Å². The van der Waals surface area contributed by atoms with Crippen molar-refractivity contribution in [3.05, 3.63) is 11.8 Å². The summed E-state index contributed by atoms with van der Waals surface area (Å²) in [6, 6.07) is 1.69. The first-order valence-corrected chi connectivity index (χ1v) is 8.56. The number of carbonyl (C=O) groups excluding carboxylic acids is 2. The predicted molar refractivity (Wildman–Crippen MR) is 88.6 cm³/mol. The van der Waals surface area contributed by atoms with Crippen molar-refractivity contribution in [1.29, 1.82) is 0 Å². The average Bonchev–Trinajstić information content (AvgIpc) is 3.21. The zero-order chi connectivity index (χ0) is 16.9. The minimum atomic E-state index is -0.0927. The predicted octanol–water partition coefficient (Wildman–Crippen LogP) is 0.162. The molecule has 0 saturated carbocycles. The first-order chi connectivity index (χ1) is 11.6. The third-order valence-electron chi connectivity index (χ3n) is 4.55. The number of hydrogen-bond donors (Lipinski definition) is 1. The van der Waals surface area contributed by atoms with Crippen molar-refractivity contribution in [2.24, 2.45) is 0 Å². The molecule has 1 aromatic rings. The zero-order valence-electron chi connectivity index (χ0n) is 14.2.